The smallest absolute Gasteiger partial charge is 0.194 e. The molecule has 17 heavy (non-hydrogen) atoms. The summed E-state index contributed by atoms with van der Waals surface area (Å²) in [7, 11) is 0. The summed E-state index contributed by atoms with van der Waals surface area (Å²) in [5, 5.41) is 0. The zero-order chi connectivity index (χ0) is 12.4. The van der Waals surface area contributed by atoms with Gasteiger partial charge in [0.05, 0.1) is 0 Å². The maximum absolute atomic E-state index is 12.4. The second-order valence-electron chi connectivity index (χ2n) is 4.13. The molecule has 0 saturated carbocycles. The summed E-state index contributed by atoms with van der Waals surface area (Å²) < 4.78 is 0.996. The third-order valence-electron chi connectivity index (χ3n) is 2.76. The predicted molar refractivity (Wildman–Crippen MR) is 78.5 cm³/mol. The van der Waals surface area contributed by atoms with Crippen molar-refractivity contribution in [3.8, 4) is 0 Å². The Bertz CT molecular complexity index is 573. The number of carbonyl (C=O) groups excluding carboxylic acids is 1. The molecule has 0 saturated heterocycles. The molecule has 0 bridgehead atoms. The molecule has 0 fully saturated rings. The summed E-state index contributed by atoms with van der Waals surface area (Å²) in [5.74, 6) is 0.108. The number of hydrogen-bond acceptors (Lipinski definition) is 1. The van der Waals surface area contributed by atoms with Crippen LogP contribution in [0.2, 0.25) is 0 Å². The van der Waals surface area contributed by atoms with E-state index >= 15 is 0 Å². The minimum atomic E-state index is 0.108. The summed E-state index contributed by atoms with van der Waals surface area (Å²) in [6.07, 6.45) is 0. The van der Waals surface area contributed by atoms with E-state index in [2.05, 4.69) is 22.6 Å². The van der Waals surface area contributed by atoms with E-state index in [1.807, 2.05) is 56.3 Å². The number of halogens is 1. The summed E-state index contributed by atoms with van der Waals surface area (Å²) in [6, 6.07) is 13.7. The van der Waals surface area contributed by atoms with Gasteiger partial charge < -0.3 is 0 Å². The lowest BCUT2D eigenvalue weighted by atomic mass is 9.97. The van der Waals surface area contributed by atoms with Crippen LogP contribution in [0.25, 0.3) is 0 Å². The minimum Gasteiger partial charge on any atom is -0.289 e. The molecule has 0 N–H and O–H groups in total. The molecule has 0 spiro atoms. The Balaban J connectivity index is 2.51. The first-order valence-electron chi connectivity index (χ1n) is 5.46. The average molecular weight is 336 g/mol. The van der Waals surface area contributed by atoms with Crippen molar-refractivity contribution < 1.29 is 4.79 Å². The van der Waals surface area contributed by atoms with Gasteiger partial charge in [-0.05, 0) is 60.2 Å². The fourth-order valence-electron chi connectivity index (χ4n) is 1.77. The highest BCUT2D eigenvalue weighted by molar-refractivity contribution is 14.1. The maximum Gasteiger partial charge on any atom is 0.194 e. The molecule has 0 aliphatic rings. The van der Waals surface area contributed by atoms with Crippen LogP contribution in [0.5, 0.6) is 0 Å². The van der Waals surface area contributed by atoms with Gasteiger partial charge in [-0.2, -0.15) is 0 Å². The SMILES string of the molecule is Cc1ccc(C)c(C(=O)c2ccccc2I)c1. The molecule has 2 aromatic carbocycles. The van der Waals surface area contributed by atoms with Gasteiger partial charge in [0.1, 0.15) is 0 Å². The van der Waals surface area contributed by atoms with E-state index in [0.29, 0.717) is 0 Å². The van der Waals surface area contributed by atoms with E-state index in [0.717, 1.165) is 25.8 Å². The van der Waals surface area contributed by atoms with Crippen LogP contribution in [0, 0.1) is 17.4 Å². The van der Waals surface area contributed by atoms with E-state index in [-0.39, 0.29) is 5.78 Å². The Morgan fingerprint density at radius 3 is 2.41 bits per heavy atom. The third kappa shape index (κ3) is 2.57. The van der Waals surface area contributed by atoms with E-state index < -0.39 is 0 Å². The van der Waals surface area contributed by atoms with Crippen LogP contribution in [0.1, 0.15) is 27.0 Å². The van der Waals surface area contributed by atoms with Crippen molar-refractivity contribution in [2.75, 3.05) is 0 Å². The van der Waals surface area contributed by atoms with Crippen LogP contribution in [-0.2, 0) is 0 Å². The Morgan fingerprint density at radius 1 is 1.00 bits per heavy atom. The molecule has 2 heteroatoms. The van der Waals surface area contributed by atoms with Crippen LogP contribution in [0.4, 0.5) is 0 Å². The average Bonchev–Trinajstić information content (AvgIpc) is 2.32. The summed E-state index contributed by atoms with van der Waals surface area (Å²) >= 11 is 2.20. The molecular formula is C15H13IO. The minimum absolute atomic E-state index is 0.108. The van der Waals surface area contributed by atoms with Gasteiger partial charge in [-0.1, -0.05) is 29.8 Å². The van der Waals surface area contributed by atoms with Gasteiger partial charge in [0, 0.05) is 14.7 Å². The highest BCUT2D eigenvalue weighted by atomic mass is 127. The fraction of sp³-hybridized carbons (Fsp3) is 0.133. The van der Waals surface area contributed by atoms with Crippen LogP contribution in [0.3, 0.4) is 0 Å². The largest absolute Gasteiger partial charge is 0.289 e. The molecule has 2 rings (SSSR count). The second-order valence-corrected chi connectivity index (χ2v) is 5.29. The van der Waals surface area contributed by atoms with Crippen LogP contribution >= 0.6 is 22.6 Å². The van der Waals surface area contributed by atoms with Gasteiger partial charge in [0.2, 0.25) is 0 Å². The van der Waals surface area contributed by atoms with Gasteiger partial charge in [0.25, 0.3) is 0 Å². The van der Waals surface area contributed by atoms with Crippen LogP contribution in [0.15, 0.2) is 42.5 Å². The van der Waals surface area contributed by atoms with Crippen molar-refractivity contribution >= 4 is 28.4 Å². The lowest BCUT2D eigenvalue weighted by Crippen LogP contribution is -2.06. The second kappa shape index (κ2) is 5.00. The van der Waals surface area contributed by atoms with Gasteiger partial charge in [0.15, 0.2) is 5.78 Å². The highest BCUT2D eigenvalue weighted by Crippen LogP contribution is 2.19. The molecule has 0 aromatic heterocycles. The molecule has 0 radical (unpaired) electrons. The van der Waals surface area contributed by atoms with Crippen molar-refractivity contribution in [3.05, 3.63) is 68.3 Å². The molecule has 1 nitrogen and oxygen atoms in total. The first-order valence-corrected chi connectivity index (χ1v) is 6.54. The number of benzene rings is 2. The first-order chi connectivity index (χ1) is 8.09. The monoisotopic (exact) mass is 336 g/mol. The normalized spacial score (nSPS) is 10.3. The summed E-state index contributed by atoms with van der Waals surface area (Å²) in [5.41, 5.74) is 3.72. The lowest BCUT2D eigenvalue weighted by Gasteiger charge is -2.07. The van der Waals surface area contributed by atoms with E-state index in [1.165, 1.54) is 0 Å². The quantitative estimate of drug-likeness (QED) is 0.595. The van der Waals surface area contributed by atoms with E-state index in [9.17, 15) is 4.79 Å². The summed E-state index contributed by atoms with van der Waals surface area (Å²) in [4.78, 5) is 12.4. The Hall–Kier alpha value is -1.16. The van der Waals surface area contributed by atoms with E-state index in [1.54, 1.807) is 0 Å². The van der Waals surface area contributed by atoms with Crippen molar-refractivity contribution in [1.82, 2.24) is 0 Å². The topological polar surface area (TPSA) is 17.1 Å². The predicted octanol–water partition coefficient (Wildman–Crippen LogP) is 4.14. The third-order valence-corrected chi connectivity index (χ3v) is 3.70. The Morgan fingerprint density at radius 2 is 1.71 bits per heavy atom. The molecular weight excluding hydrogens is 323 g/mol. The van der Waals surface area contributed by atoms with Crippen molar-refractivity contribution in [2.24, 2.45) is 0 Å². The van der Waals surface area contributed by atoms with Crippen LogP contribution in [-0.4, -0.2) is 5.78 Å². The van der Waals surface area contributed by atoms with Gasteiger partial charge >= 0.3 is 0 Å². The Kier molecular flexibility index (Phi) is 3.62. The molecule has 0 unspecified atom stereocenters. The van der Waals surface area contributed by atoms with Gasteiger partial charge in [-0.3, -0.25) is 4.79 Å². The number of hydrogen-bond donors (Lipinski definition) is 0. The maximum atomic E-state index is 12.4. The standard InChI is InChI=1S/C15H13IO/c1-10-7-8-11(2)13(9-10)15(17)12-5-3-4-6-14(12)16/h3-9H,1-2H3. The highest BCUT2D eigenvalue weighted by Gasteiger charge is 2.14. The fourth-order valence-corrected chi connectivity index (χ4v) is 2.40. The van der Waals surface area contributed by atoms with Gasteiger partial charge in [-0.25, -0.2) is 0 Å². The van der Waals surface area contributed by atoms with Crippen LogP contribution < -0.4 is 0 Å². The lowest BCUT2D eigenvalue weighted by molar-refractivity contribution is 0.103. The molecule has 0 aliphatic heterocycles. The number of aryl methyl sites for hydroxylation is 2. The van der Waals surface area contributed by atoms with Crippen molar-refractivity contribution in [1.29, 1.82) is 0 Å². The first kappa shape index (κ1) is 12.3. The van der Waals surface area contributed by atoms with Crippen molar-refractivity contribution in [3.63, 3.8) is 0 Å². The molecule has 0 aliphatic carbocycles. The summed E-state index contributed by atoms with van der Waals surface area (Å²) in [6.45, 7) is 3.98. The zero-order valence-electron chi connectivity index (χ0n) is 9.83. The molecule has 0 heterocycles. The molecule has 2 aromatic rings. The Labute approximate surface area is 115 Å². The number of carbonyl (C=O) groups is 1. The molecule has 86 valence electrons. The van der Waals surface area contributed by atoms with Crippen molar-refractivity contribution in [2.45, 2.75) is 13.8 Å². The van der Waals surface area contributed by atoms with E-state index in [4.69, 9.17) is 0 Å². The number of ketones is 1. The van der Waals surface area contributed by atoms with Gasteiger partial charge in [-0.15, -0.1) is 0 Å². The number of rotatable bonds is 2. The molecule has 0 atom stereocenters. The molecule has 0 amide bonds. The zero-order valence-corrected chi connectivity index (χ0v) is 12.0.